The maximum absolute atomic E-state index is 13.0. The van der Waals surface area contributed by atoms with Crippen molar-refractivity contribution in [3.05, 3.63) is 0 Å². The minimum absolute atomic E-state index is 0.103. The van der Waals surface area contributed by atoms with E-state index < -0.39 is 97.5 Å². The number of phosphoric acid groups is 2. The van der Waals surface area contributed by atoms with E-state index in [1.165, 1.54) is 116 Å². The van der Waals surface area contributed by atoms with Crippen LogP contribution < -0.4 is 0 Å². The molecule has 0 aliphatic rings. The molecule has 0 amide bonds. The molecule has 0 spiro atoms. The second-order valence-electron chi connectivity index (χ2n) is 24.3. The van der Waals surface area contributed by atoms with E-state index >= 15 is 0 Å². The van der Waals surface area contributed by atoms with Crippen molar-refractivity contribution in [2.24, 2.45) is 17.8 Å². The molecule has 3 unspecified atom stereocenters. The minimum Gasteiger partial charge on any atom is -0.462 e. The highest BCUT2D eigenvalue weighted by Gasteiger charge is 2.30. The molecule has 3 N–H and O–H groups in total. The van der Waals surface area contributed by atoms with E-state index in [2.05, 4.69) is 48.5 Å². The fourth-order valence-electron chi connectivity index (χ4n) is 9.45. The van der Waals surface area contributed by atoms with Gasteiger partial charge in [0.05, 0.1) is 26.4 Å². The lowest BCUT2D eigenvalue weighted by atomic mass is 9.99. The molecular weight excluding hydrogens is 1100 g/mol. The number of aliphatic hydroxyl groups is 1. The van der Waals surface area contributed by atoms with Crippen LogP contribution in [0.25, 0.3) is 0 Å². The molecule has 0 saturated carbocycles. The fraction of sp³-hybridized carbons (Fsp3) is 0.938. The van der Waals surface area contributed by atoms with Gasteiger partial charge in [0.2, 0.25) is 0 Å². The lowest BCUT2D eigenvalue weighted by Gasteiger charge is -2.21. The summed E-state index contributed by atoms with van der Waals surface area (Å²) >= 11 is 0. The first-order valence-electron chi connectivity index (χ1n) is 33.4. The van der Waals surface area contributed by atoms with Crippen molar-refractivity contribution in [1.82, 2.24) is 0 Å². The van der Waals surface area contributed by atoms with Crippen LogP contribution >= 0.6 is 15.6 Å². The third-order valence-electron chi connectivity index (χ3n) is 15.0. The molecule has 19 heteroatoms. The molecule has 0 fully saturated rings. The van der Waals surface area contributed by atoms with Gasteiger partial charge >= 0.3 is 39.5 Å². The van der Waals surface area contributed by atoms with Crippen LogP contribution in [0.5, 0.6) is 0 Å². The lowest BCUT2D eigenvalue weighted by Crippen LogP contribution is -2.30. The smallest absolute Gasteiger partial charge is 0.462 e. The fourth-order valence-corrected chi connectivity index (χ4v) is 11.0. The molecule has 0 aromatic heterocycles. The van der Waals surface area contributed by atoms with Crippen LogP contribution in [-0.2, 0) is 65.4 Å². The van der Waals surface area contributed by atoms with Gasteiger partial charge in [-0.1, -0.05) is 260 Å². The maximum Gasteiger partial charge on any atom is 0.472 e. The molecule has 0 saturated heterocycles. The zero-order chi connectivity index (χ0) is 61.7. The molecule has 0 radical (unpaired) electrons. The van der Waals surface area contributed by atoms with E-state index in [0.29, 0.717) is 25.7 Å². The quantitative estimate of drug-likeness (QED) is 0.0222. The van der Waals surface area contributed by atoms with Crippen LogP contribution in [0.4, 0.5) is 0 Å². The first-order chi connectivity index (χ1) is 39.8. The van der Waals surface area contributed by atoms with Crippen molar-refractivity contribution in [2.75, 3.05) is 39.6 Å². The first-order valence-corrected chi connectivity index (χ1v) is 36.4. The van der Waals surface area contributed by atoms with Gasteiger partial charge < -0.3 is 33.8 Å². The molecule has 6 atom stereocenters. The van der Waals surface area contributed by atoms with Gasteiger partial charge in [-0.2, -0.15) is 0 Å². The number of unbranched alkanes of at least 4 members (excludes halogenated alkanes) is 29. The Morgan fingerprint density at radius 1 is 0.349 bits per heavy atom. The predicted molar refractivity (Wildman–Crippen MR) is 331 cm³/mol. The van der Waals surface area contributed by atoms with E-state index in [9.17, 15) is 43.2 Å². The standard InChI is InChI=1S/C64H124O17P2/c1-8-10-11-28-38-45-61(66)74-51-59(80-64(69)48-41-34-27-20-18-23-30-36-43-56(5)6)53-78-82(70,71)76-49-58(65)50-77-83(72,73)79-54-60(52-75-62(67)46-39-32-25-21-19-24-31-37-44-57(7)9-2)81-63(68)47-40-33-26-17-15-13-12-14-16-22-29-35-42-55(3)4/h55-60,65H,8-54H2,1-7H3,(H,70,71)(H,72,73)/t57?,58-,59+,60+/m0/s1. The summed E-state index contributed by atoms with van der Waals surface area (Å²) in [6, 6.07) is 0. The van der Waals surface area contributed by atoms with Crippen LogP contribution in [0.3, 0.4) is 0 Å². The van der Waals surface area contributed by atoms with Crippen LogP contribution in [0.15, 0.2) is 0 Å². The van der Waals surface area contributed by atoms with Gasteiger partial charge in [-0.25, -0.2) is 9.13 Å². The second kappa shape index (κ2) is 55.4. The summed E-state index contributed by atoms with van der Waals surface area (Å²) in [7, 11) is -9.88. The van der Waals surface area contributed by atoms with E-state index in [-0.39, 0.29) is 25.7 Å². The Hall–Kier alpha value is -1.94. The molecule has 0 aromatic rings. The number of carbonyl (C=O) groups excluding carboxylic acids is 4. The van der Waals surface area contributed by atoms with E-state index in [0.717, 1.165) is 114 Å². The zero-order valence-electron chi connectivity index (χ0n) is 53.6. The Morgan fingerprint density at radius 2 is 0.614 bits per heavy atom. The Morgan fingerprint density at radius 3 is 0.916 bits per heavy atom. The largest absolute Gasteiger partial charge is 0.472 e. The highest BCUT2D eigenvalue weighted by atomic mass is 31.2. The summed E-state index contributed by atoms with van der Waals surface area (Å²) in [5.41, 5.74) is 0. The number of esters is 4. The summed E-state index contributed by atoms with van der Waals surface area (Å²) in [4.78, 5) is 72.0. The lowest BCUT2D eigenvalue weighted by molar-refractivity contribution is -0.161. The number of hydrogen-bond acceptors (Lipinski definition) is 15. The molecule has 0 bridgehead atoms. The highest BCUT2D eigenvalue weighted by molar-refractivity contribution is 7.47. The summed E-state index contributed by atoms with van der Waals surface area (Å²) in [6.07, 6.45) is 36.5. The maximum atomic E-state index is 13.0. The van der Waals surface area contributed by atoms with Gasteiger partial charge in [0.15, 0.2) is 12.2 Å². The van der Waals surface area contributed by atoms with E-state index in [4.69, 9.17) is 37.0 Å². The molecule has 0 heterocycles. The Kier molecular flexibility index (Phi) is 54.1. The van der Waals surface area contributed by atoms with Crippen molar-refractivity contribution in [2.45, 2.75) is 330 Å². The molecular formula is C64H124O17P2. The average Bonchev–Trinajstić information content (AvgIpc) is 3.44. The van der Waals surface area contributed by atoms with Gasteiger partial charge in [0.25, 0.3) is 0 Å². The summed E-state index contributed by atoms with van der Waals surface area (Å²) in [5, 5.41) is 10.5. The van der Waals surface area contributed by atoms with Gasteiger partial charge in [-0.15, -0.1) is 0 Å². The monoisotopic (exact) mass is 1230 g/mol. The van der Waals surface area contributed by atoms with Crippen molar-refractivity contribution in [1.29, 1.82) is 0 Å². The van der Waals surface area contributed by atoms with Crippen LogP contribution in [0.1, 0.15) is 312 Å². The van der Waals surface area contributed by atoms with Crippen LogP contribution in [-0.4, -0.2) is 96.7 Å². The minimum atomic E-state index is -4.94. The molecule has 492 valence electrons. The molecule has 17 nitrogen and oxygen atoms in total. The number of aliphatic hydroxyl groups excluding tert-OH is 1. The van der Waals surface area contributed by atoms with Gasteiger partial charge in [0, 0.05) is 25.7 Å². The number of carbonyl (C=O) groups is 4. The summed E-state index contributed by atoms with van der Waals surface area (Å²) < 4.78 is 67.8. The normalized spacial score (nSPS) is 14.7. The van der Waals surface area contributed by atoms with Gasteiger partial charge in [-0.05, 0) is 43.4 Å². The predicted octanol–water partition coefficient (Wildman–Crippen LogP) is 17.5. The molecule has 83 heavy (non-hydrogen) atoms. The third-order valence-corrected chi connectivity index (χ3v) is 16.9. The molecule has 0 aliphatic carbocycles. The molecule has 0 aromatic carbocycles. The SMILES string of the molecule is CCCCCCCC(=O)OC[C@H](COP(=O)(O)OC[C@H](O)COP(=O)(O)OC[C@@H](COC(=O)CCCCCCCCCCC(C)CC)OC(=O)CCCCCCCCCCCCCCC(C)C)OC(=O)CCCCCCCCCCC(C)C. The number of rotatable bonds is 62. The van der Waals surface area contributed by atoms with E-state index in [1.54, 1.807) is 0 Å². The summed E-state index contributed by atoms with van der Waals surface area (Å²) in [6.45, 7) is 11.7. The number of ether oxygens (including phenoxy) is 4. The number of hydrogen-bond donors (Lipinski definition) is 3. The average molecular weight is 1230 g/mol. The summed E-state index contributed by atoms with van der Waals surface area (Å²) in [5.74, 6) is 0.126. The van der Waals surface area contributed by atoms with Crippen molar-refractivity contribution in [3.8, 4) is 0 Å². The van der Waals surface area contributed by atoms with Crippen molar-refractivity contribution >= 4 is 39.5 Å². The third kappa shape index (κ3) is 57.6. The second-order valence-corrected chi connectivity index (χ2v) is 27.3. The van der Waals surface area contributed by atoms with Gasteiger partial charge in [-0.3, -0.25) is 37.3 Å². The van der Waals surface area contributed by atoms with Gasteiger partial charge in [0.1, 0.15) is 19.3 Å². The zero-order valence-corrected chi connectivity index (χ0v) is 55.4. The molecule has 0 aliphatic heterocycles. The Balaban J connectivity index is 5.19. The first kappa shape index (κ1) is 81.1. The Labute approximate surface area is 505 Å². The molecule has 0 rings (SSSR count). The van der Waals surface area contributed by atoms with Crippen molar-refractivity contribution < 1.29 is 80.2 Å². The van der Waals surface area contributed by atoms with Crippen molar-refractivity contribution in [3.63, 3.8) is 0 Å². The topological polar surface area (TPSA) is 237 Å². The number of phosphoric ester groups is 2. The highest BCUT2D eigenvalue weighted by Crippen LogP contribution is 2.45. The Bertz CT molecular complexity index is 1650. The van der Waals surface area contributed by atoms with E-state index in [1.807, 2.05) is 0 Å². The van der Waals surface area contributed by atoms with Crippen LogP contribution in [0.2, 0.25) is 0 Å². The van der Waals surface area contributed by atoms with Crippen LogP contribution in [0, 0.1) is 17.8 Å².